The van der Waals surface area contributed by atoms with Crippen LogP contribution < -0.4 is 5.32 Å². The minimum Gasteiger partial charge on any atom is -0.308 e. The second-order valence-electron chi connectivity index (χ2n) is 4.81. The molecule has 1 aromatic carbocycles. The summed E-state index contributed by atoms with van der Waals surface area (Å²) < 4.78 is 15.5. The number of hydrogen-bond acceptors (Lipinski definition) is 3. The molecule has 0 amide bonds. The fourth-order valence-electron chi connectivity index (χ4n) is 1.97. The largest absolute Gasteiger partial charge is 0.308 e. The Hall–Kier alpha value is -2.19. The number of halogens is 1. The highest BCUT2D eigenvalue weighted by Gasteiger charge is 2.14. The zero-order valence-electron chi connectivity index (χ0n) is 11.5. The molecule has 1 heterocycles. The van der Waals surface area contributed by atoms with Crippen LogP contribution in [-0.2, 0) is 6.54 Å². The van der Waals surface area contributed by atoms with Crippen molar-refractivity contribution in [1.29, 1.82) is 5.26 Å². The number of nitrogens with one attached hydrogen (secondary N) is 1. The Balaban J connectivity index is 2.00. The molecule has 104 valence electrons. The topological polar surface area (TPSA) is 53.6 Å². The Morgan fingerprint density at radius 3 is 2.90 bits per heavy atom. The average molecular weight is 272 g/mol. The molecule has 0 aliphatic carbocycles. The van der Waals surface area contributed by atoms with Gasteiger partial charge in [-0.2, -0.15) is 10.4 Å². The Kier molecular flexibility index (Phi) is 4.49. The highest BCUT2D eigenvalue weighted by molar-refractivity contribution is 5.33. The van der Waals surface area contributed by atoms with Gasteiger partial charge in [-0.1, -0.05) is 0 Å². The minimum atomic E-state index is -0.296. The van der Waals surface area contributed by atoms with Gasteiger partial charge < -0.3 is 5.32 Å². The lowest BCUT2D eigenvalue weighted by molar-refractivity contribution is 0.363. The minimum absolute atomic E-state index is 0.125. The number of nitriles is 1. The van der Waals surface area contributed by atoms with Crippen LogP contribution in [0.1, 0.15) is 31.0 Å². The Morgan fingerprint density at radius 2 is 2.25 bits per heavy atom. The third-order valence-corrected chi connectivity index (χ3v) is 3.46. The molecule has 0 spiro atoms. The van der Waals surface area contributed by atoms with E-state index in [0.29, 0.717) is 17.7 Å². The van der Waals surface area contributed by atoms with Gasteiger partial charge in [0.25, 0.3) is 0 Å². The van der Waals surface area contributed by atoms with Gasteiger partial charge in [0.1, 0.15) is 5.82 Å². The number of hydrogen-bond donors (Lipinski definition) is 1. The fraction of sp³-hybridized carbons (Fsp3) is 0.333. The van der Waals surface area contributed by atoms with Crippen molar-refractivity contribution in [2.24, 2.45) is 0 Å². The van der Waals surface area contributed by atoms with E-state index in [-0.39, 0.29) is 17.9 Å². The Bertz CT molecular complexity index is 601. The highest BCUT2D eigenvalue weighted by atomic mass is 19.1. The molecule has 1 aromatic heterocycles. The fourth-order valence-corrected chi connectivity index (χ4v) is 1.97. The first-order chi connectivity index (χ1) is 9.61. The third-order valence-electron chi connectivity index (χ3n) is 3.46. The first-order valence-corrected chi connectivity index (χ1v) is 6.53. The summed E-state index contributed by atoms with van der Waals surface area (Å²) in [4.78, 5) is 0. The Labute approximate surface area is 117 Å². The molecule has 0 radical (unpaired) electrons. The summed E-state index contributed by atoms with van der Waals surface area (Å²) in [6.07, 6.45) is 3.64. The van der Waals surface area contributed by atoms with E-state index in [2.05, 4.69) is 10.4 Å². The molecule has 0 fully saturated rings. The van der Waals surface area contributed by atoms with Crippen LogP contribution in [0, 0.1) is 17.1 Å². The first kappa shape index (κ1) is 14.2. The summed E-state index contributed by atoms with van der Waals surface area (Å²) in [5.74, 6) is -0.296. The van der Waals surface area contributed by atoms with Crippen LogP contribution in [0.4, 0.5) is 4.39 Å². The molecular formula is C15H17FN4. The highest BCUT2D eigenvalue weighted by Crippen LogP contribution is 2.13. The van der Waals surface area contributed by atoms with Gasteiger partial charge in [-0.05, 0) is 38.1 Å². The standard InChI is InChI=1S/C15H17FN4/c1-11(12(2)20-7-3-6-19-20)18-10-14-8-13(9-17)4-5-15(14)16/h3-8,11-12,18H,10H2,1-2H3/t11-,12+/m0/s1. The van der Waals surface area contributed by atoms with Crippen LogP contribution in [-0.4, -0.2) is 15.8 Å². The molecule has 0 bridgehead atoms. The molecule has 5 heteroatoms. The lowest BCUT2D eigenvalue weighted by atomic mass is 10.1. The van der Waals surface area contributed by atoms with Gasteiger partial charge in [0.05, 0.1) is 17.7 Å². The van der Waals surface area contributed by atoms with E-state index in [1.165, 1.54) is 12.1 Å². The van der Waals surface area contributed by atoms with Crippen LogP contribution in [0.25, 0.3) is 0 Å². The second-order valence-corrected chi connectivity index (χ2v) is 4.81. The maximum Gasteiger partial charge on any atom is 0.127 e. The SMILES string of the molecule is C[C@H](NCc1cc(C#N)ccc1F)[C@@H](C)n1cccn1. The molecule has 0 saturated carbocycles. The predicted octanol–water partition coefficient (Wildman–Crippen LogP) is 2.63. The van der Waals surface area contributed by atoms with E-state index in [4.69, 9.17) is 5.26 Å². The van der Waals surface area contributed by atoms with Gasteiger partial charge in [0.2, 0.25) is 0 Å². The van der Waals surface area contributed by atoms with Crippen molar-refractivity contribution >= 4 is 0 Å². The van der Waals surface area contributed by atoms with E-state index in [0.717, 1.165) is 0 Å². The maximum absolute atomic E-state index is 13.7. The lowest BCUT2D eigenvalue weighted by Crippen LogP contribution is -2.33. The second kappa shape index (κ2) is 6.31. The van der Waals surface area contributed by atoms with Crippen LogP contribution in [0.2, 0.25) is 0 Å². The first-order valence-electron chi connectivity index (χ1n) is 6.53. The van der Waals surface area contributed by atoms with E-state index in [1.54, 1.807) is 12.3 Å². The zero-order valence-corrected chi connectivity index (χ0v) is 11.5. The van der Waals surface area contributed by atoms with Gasteiger partial charge >= 0.3 is 0 Å². The molecular weight excluding hydrogens is 255 g/mol. The summed E-state index contributed by atoms with van der Waals surface area (Å²) in [5, 5.41) is 16.3. The summed E-state index contributed by atoms with van der Waals surface area (Å²) in [6.45, 7) is 4.46. The molecule has 2 aromatic rings. The summed E-state index contributed by atoms with van der Waals surface area (Å²) in [5.41, 5.74) is 0.972. The summed E-state index contributed by atoms with van der Waals surface area (Å²) in [6, 6.07) is 8.57. The molecule has 2 rings (SSSR count). The molecule has 0 unspecified atom stereocenters. The van der Waals surface area contributed by atoms with Crippen LogP contribution >= 0.6 is 0 Å². The van der Waals surface area contributed by atoms with Crippen LogP contribution in [0.15, 0.2) is 36.7 Å². The van der Waals surface area contributed by atoms with E-state index < -0.39 is 0 Å². The predicted molar refractivity (Wildman–Crippen MR) is 74.4 cm³/mol. The lowest BCUT2D eigenvalue weighted by Gasteiger charge is -2.22. The van der Waals surface area contributed by atoms with Crippen molar-refractivity contribution in [3.05, 3.63) is 53.6 Å². The third kappa shape index (κ3) is 3.22. The van der Waals surface area contributed by atoms with Crippen LogP contribution in [0.3, 0.4) is 0 Å². The zero-order chi connectivity index (χ0) is 14.5. The van der Waals surface area contributed by atoms with E-state index in [9.17, 15) is 4.39 Å². The van der Waals surface area contributed by atoms with E-state index in [1.807, 2.05) is 36.9 Å². The molecule has 0 aliphatic heterocycles. The van der Waals surface area contributed by atoms with Crippen molar-refractivity contribution in [2.75, 3.05) is 0 Å². The van der Waals surface area contributed by atoms with Gasteiger partial charge in [-0.25, -0.2) is 4.39 Å². The number of nitrogens with zero attached hydrogens (tertiary/aromatic N) is 3. The van der Waals surface area contributed by atoms with Gasteiger partial charge in [0.15, 0.2) is 0 Å². The number of benzene rings is 1. The van der Waals surface area contributed by atoms with E-state index >= 15 is 0 Å². The molecule has 2 atom stereocenters. The average Bonchev–Trinajstić information content (AvgIpc) is 2.99. The van der Waals surface area contributed by atoms with Crippen molar-refractivity contribution in [3.8, 4) is 6.07 Å². The summed E-state index contributed by atoms with van der Waals surface area (Å²) >= 11 is 0. The van der Waals surface area contributed by atoms with Gasteiger partial charge in [-0.3, -0.25) is 4.68 Å². The van der Waals surface area contributed by atoms with Crippen molar-refractivity contribution in [3.63, 3.8) is 0 Å². The molecule has 4 nitrogen and oxygen atoms in total. The molecule has 1 N–H and O–H groups in total. The molecule has 0 aliphatic rings. The van der Waals surface area contributed by atoms with Crippen molar-refractivity contribution < 1.29 is 4.39 Å². The van der Waals surface area contributed by atoms with Gasteiger partial charge in [-0.15, -0.1) is 0 Å². The molecule has 0 saturated heterocycles. The maximum atomic E-state index is 13.7. The number of rotatable bonds is 5. The van der Waals surface area contributed by atoms with Crippen molar-refractivity contribution in [2.45, 2.75) is 32.5 Å². The smallest absolute Gasteiger partial charge is 0.127 e. The number of aromatic nitrogens is 2. The van der Waals surface area contributed by atoms with Crippen LogP contribution in [0.5, 0.6) is 0 Å². The Morgan fingerprint density at radius 1 is 1.45 bits per heavy atom. The van der Waals surface area contributed by atoms with Crippen molar-refractivity contribution in [1.82, 2.24) is 15.1 Å². The normalized spacial score (nSPS) is 13.7. The molecule has 20 heavy (non-hydrogen) atoms. The monoisotopic (exact) mass is 272 g/mol. The quantitative estimate of drug-likeness (QED) is 0.910. The van der Waals surface area contributed by atoms with Gasteiger partial charge in [0, 0.05) is 30.5 Å². The summed E-state index contributed by atoms with van der Waals surface area (Å²) in [7, 11) is 0.